The number of rotatable bonds is 4. The third-order valence-electron chi connectivity index (χ3n) is 2.54. The second kappa shape index (κ2) is 3.88. The molecular formula is C11H16N2O. The molecule has 0 unspecified atom stereocenters. The monoisotopic (exact) mass is 192 g/mol. The smallest absolute Gasteiger partial charge is 0.119 e. The van der Waals surface area contributed by atoms with Gasteiger partial charge in [0.15, 0.2) is 0 Å². The average molecular weight is 192 g/mol. The van der Waals surface area contributed by atoms with Gasteiger partial charge in [0.1, 0.15) is 5.75 Å². The van der Waals surface area contributed by atoms with Crippen molar-refractivity contribution in [3.63, 3.8) is 0 Å². The fraction of sp³-hybridized carbons (Fsp3) is 0.455. The minimum absolute atomic E-state index is 0.723. The van der Waals surface area contributed by atoms with Crippen molar-refractivity contribution in [1.82, 2.24) is 5.43 Å². The summed E-state index contributed by atoms with van der Waals surface area (Å²) in [5.41, 5.74) is 8.62. The quantitative estimate of drug-likeness (QED) is 0.717. The van der Waals surface area contributed by atoms with Crippen molar-refractivity contribution in [1.29, 1.82) is 0 Å². The Morgan fingerprint density at radius 2 is 2.14 bits per heavy atom. The molecule has 0 spiro atoms. The summed E-state index contributed by atoms with van der Waals surface area (Å²) < 4.78 is 5.22. The van der Waals surface area contributed by atoms with Crippen LogP contribution in [0, 0.1) is 0 Å². The van der Waals surface area contributed by atoms with Gasteiger partial charge >= 0.3 is 0 Å². The van der Waals surface area contributed by atoms with Gasteiger partial charge in [-0.05, 0) is 42.5 Å². The van der Waals surface area contributed by atoms with E-state index in [0.717, 1.165) is 17.4 Å². The summed E-state index contributed by atoms with van der Waals surface area (Å²) in [5.74, 6) is 1.66. The van der Waals surface area contributed by atoms with E-state index in [0.29, 0.717) is 0 Å². The van der Waals surface area contributed by atoms with Crippen LogP contribution < -0.4 is 15.6 Å². The molecule has 3 nitrogen and oxygen atoms in total. The molecule has 76 valence electrons. The van der Waals surface area contributed by atoms with Gasteiger partial charge in [0, 0.05) is 7.05 Å². The molecule has 1 fully saturated rings. The van der Waals surface area contributed by atoms with Crippen LogP contribution in [0.1, 0.15) is 24.3 Å². The van der Waals surface area contributed by atoms with Crippen LogP contribution in [0.4, 0.5) is 5.69 Å². The van der Waals surface area contributed by atoms with Gasteiger partial charge in [-0.15, -0.1) is 0 Å². The Morgan fingerprint density at radius 3 is 2.71 bits per heavy atom. The standard InChI is InChI=1S/C11H16N2O/c1-12-13-11-6-5-9(14-2)7-10(11)8-3-4-8/h5-8,12-13H,3-4H2,1-2H3. The molecule has 1 aliphatic rings. The summed E-state index contributed by atoms with van der Waals surface area (Å²) in [6.45, 7) is 0. The summed E-state index contributed by atoms with van der Waals surface area (Å²) >= 11 is 0. The Labute approximate surface area is 84.4 Å². The number of benzene rings is 1. The summed E-state index contributed by atoms with van der Waals surface area (Å²) in [5, 5.41) is 0. The molecule has 0 saturated heterocycles. The molecule has 14 heavy (non-hydrogen) atoms. The van der Waals surface area contributed by atoms with Gasteiger partial charge < -0.3 is 10.2 Å². The second-order valence-electron chi connectivity index (χ2n) is 3.60. The highest BCUT2D eigenvalue weighted by Crippen LogP contribution is 2.44. The number of nitrogens with one attached hydrogen (secondary N) is 2. The van der Waals surface area contributed by atoms with E-state index in [-0.39, 0.29) is 0 Å². The maximum Gasteiger partial charge on any atom is 0.119 e. The molecule has 0 aliphatic heterocycles. The lowest BCUT2D eigenvalue weighted by Gasteiger charge is -2.11. The Balaban J connectivity index is 2.29. The molecule has 0 bridgehead atoms. The number of methoxy groups -OCH3 is 1. The third kappa shape index (κ3) is 1.82. The first-order valence-corrected chi connectivity index (χ1v) is 4.96. The second-order valence-corrected chi connectivity index (χ2v) is 3.60. The first-order chi connectivity index (χ1) is 6.85. The molecule has 1 aromatic rings. The van der Waals surface area contributed by atoms with Crippen LogP contribution in [0.3, 0.4) is 0 Å². The fourth-order valence-electron chi connectivity index (χ4n) is 1.65. The molecule has 2 N–H and O–H groups in total. The molecule has 1 saturated carbocycles. The Kier molecular flexibility index (Phi) is 2.59. The highest BCUT2D eigenvalue weighted by molar-refractivity contribution is 5.56. The number of hydrazine groups is 1. The van der Waals surface area contributed by atoms with Gasteiger partial charge in [0.25, 0.3) is 0 Å². The fourth-order valence-corrected chi connectivity index (χ4v) is 1.65. The first kappa shape index (κ1) is 9.34. The highest BCUT2D eigenvalue weighted by Gasteiger charge is 2.26. The Hall–Kier alpha value is -1.22. The van der Waals surface area contributed by atoms with E-state index < -0.39 is 0 Å². The molecule has 1 aromatic carbocycles. The zero-order valence-corrected chi connectivity index (χ0v) is 8.63. The van der Waals surface area contributed by atoms with Gasteiger partial charge in [0.2, 0.25) is 0 Å². The zero-order valence-electron chi connectivity index (χ0n) is 8.63. The van der Waals surface area contributed by atoms with Crippen LogP contribution in [-0.2, 0) is 0 Å². The van der Waals surface area contributed by atoms with Crippen LogP contribution in [0.25, 0.3) is 0 Å². The lowest BCUT2D eigenvalue weighted by molar-refractivity contribution is 0.414. The summed E-state index contributed by atoms with van der Waals surface area (Å²) in [7, 11) is 3.58. The minimum Gasteiger partial charge on any atom is -0.497 e. The van der Waals surface area contributed by atoms with Crippen LogP contribution in [0.15, 0.2) is 18.2 Å². The zero-order chi connectivity index (χ0) is 9.97. The molecule has 1 aliphatic carbocycles. The Bertz CT molecular complexity index is 321. The molecular weight excluding hydrogens is 176 g/mol. The summed E-state index contributed by atoms with van der Waals surface area (Å²) in [6.07, 6.45) is 2.59. The topological polar surface area (TPSA) is 33.3 Å². The van der Waals surface area contributed by atoms with E-state index >= 15 is 0 Å². The minimum atomic E-state index is 0.723. The van der Waals surface area contributed by atoms with E-state index in [9.17, 15) is 0 Å². The first-order valence-electron chi connectivity index (χ1n) is 4.96. The summed E-state index contributed by atoms with van der Waals surface area (Å²) in [4.78, 5) is 0. The van der Waals surface area contributed by atoms with Crippen molar-refractivity contribution in [2.75, 3.05) is 19.6 Å². The van der Waals surface area contributed by atoms with Gasteiger partial charge in [-0.2, -0.15) is 0 Å². The molecule has 3 heteroatoms. The van der Waals surface area contributed by atoms with Gasteiger partial charge in [0.05, 0.1) is 12.8 Å². The number of hydrogen-bond donors (Lipinski definition) is 2. The van der Waals surface area contributed by atoms with Crippen molar-refractivity contribution in [3.8, 4) is 5.75 Å². The molecule has 2 rings (SSSR count). The van der Waals surface area contributed by atoms with E-state index in [1.165, 1.54) is 18.4 Å². The number of hydrogen-bond acceptors (Lipinski definition) is 3. The maximum absolute atomic E-state index is 5.22. The van der Waals surface area contributed by atoms with Crippen molar-refractivity contribution in [3.05, 3.63) is 23.8 Å². The normalized spacial score (nSPS) is 15.3. The van der Waals surface area contributed by atoms with Crippen LogP contribution >= 0.6 is 0 Å². The predicted molar refractivity (Wildman–Crippen MR) is 57.7 cm³/mol. The average Bonchev–Trinajstić information content (AvgIpc) is 3.02. The van der Waals surface area contributed by atoms with Gasteiger partial charge in [-0.1, -0.05) is 0 Å². The predicted octanol–water partition coefficient (Wildman–Crippen LogP) is 2.12. The van der Waals surface area contributed by atoms with Crippen molar-refractivity contribution in [2.45, 2.75) is 18.8 Å². The lowest BCUT2D eigenvalue weighted by Crippen LogP contribution is -2.16. The SMILES string of the molecule is CNNc1ccc(OC)cc1C1CC1. The van der Waals surface area contributed by atoms with Crippen LogP contribution in [-0.4, -0.2) is 14.2 Å². The third-order valence-corrected chi connectivity index (χ3v) is 2.54. The van der Waals surface area contributed by atoms with Gasteiger partial charge in [-0.25, -0.2) is 5.43 Å². The van der Waals surface area contributed by atoms with Crippen molar-refractivity contribution >= 4 is 5.69 Å². The highest BCUT2D eigenvalue weighted by atomic mass is 16.5. The number of anilines is 1. The van der Waals surface area contributed by atoms with Crippen LogP contribution in [0.2, 0.25) is 0 Å². The molecule has 0 radical (unpaired) electrons. The molecule has 0 atom stereocenters. The van der Waals surface area contributed by atoms with Crippen LogP contribution in [0.5, 0.6) is 5.75 Å². The van der Waals surface area contributed by atoms with E-state index in [2.05, 4.69) is 23.0 Å². The maximum atomic E-state index is 5.22. The van der Waals surface area contributed by atoms with Gasteiger partial charge in [-0.3, -0.25) is 0 Å². The molecule has 0 heterocycles. The van der Waals surface area contributed by atoms with Crippen molar-refractivity contribution in [2.24, 2.45) is 0 Å². The molecule has 0 aromatic heterocycles. The summed E-state index contributed by atoms with van der Waals surface area (Å²) in [6, 6.07) is 6.16. The lowest BCUT2D eigenvalue weighted by atomic mass is 10.1. The van der Waals surface area contributed by atoms with E-state index in [1.54, 1.807) is 7.11 Å². The Morgan fingerprint density at radius 1 is 1.36 bits per heavy atom. The number of ether oxygens (including phenoxy) is 1. The van der Waals surface area contributed by atoms with E-state index in [4.69, 9.17) is 4.74 Å². The van der Waals surface area contributed by atoms with E-state index in [1.807, 2.05) is 13.1 Å². The molecule has 0 amide bonds. The van der Waals surface area contributed by atoms with Crippen molar-refractivity contribution < 1.29 is 4.74 Å². The largest absolute Gasteiger partial charge is 0.497 e.